The summed E-state index contributed by atoms with van der Waals surface area (Å²) in [6.07, 6.45) is 0.311. The zero-order valence-electron chi connectivity index (χ0n) is 11.4. The number of nitrogens with one attached hydrogen (secondary N) is 1. The smallest absolute Gasteiger partial charge is 0.310 e. The first-order valence-corrected chi connectivity index (χ1v) is 7.25. The largest absolute Gasteiger partial charge is 0.427 e. The predicted octanol–water partition coefficient (Wildman–Crippen LogP) is 4.02. The van der Waals surface area contributed by atoms with Crippen molar-refractivity contribution >= 4 is 33.5 Å². The maximum atomic E-state index is 12.1. The highest BCUT2D eigenvalue weighted by Crippen LogP contribution is 2.18. The molecule has 0 unspecified atom stereocenters. The van der Waals surface area contributed by atoms with Gasteiger partial charge in [-0.15, -0.1) is 0 Å². The summed E-state index contributed by atoms with van der Waals surface area (Å²) in [6.45, 7) is 1.72. The summed E-state index contributed by atoms with van der Waals surface area (Å²) in [5, 5.41) is 2.79. The lowest BCUT2D eigenvalue weighted by Gasteiger charge is -2.07. The zero-order chi connectivity index (χ0) is 15.2. The Balaban J connectivity index is 2.04. The van der Waals surface area contributed by atoms with Crippen molar-refractivity contribution in [1.29, 1.82) is 0 Å². The Morgan fingerprint density at radius 1 is 1.14 bits per heavy atom. The lowest BCUT2D eigenvalue weighted by atomic mass is 10.2. The molecule has 4 nitrogen and oxygen atoms in total. The maximum absolute atomic E-state index is 12.1. The highest BCUT2D eigenvalue weighted by molar-refractivity contribution is 9.10. The summed E-state index contributed by atoms with van der Waals surface area (Å²) in [7, 11) is 0. The van der Waals surface area contributed by atoms with Crippen LogP contribution in [0.25, 0.3) is 0 Å². The van der Waals surface area contributed by atoms with E-state index in [0.29, 0.717) is 23.4 Å². The first kappa shape index (κ1) is 15.3. The first-order chi connectivity index (χ1) is 10.1. The minimum Gasteiger partial charge on any atom is -0.427 e. The van der Waals surface area contributed by atoms with Gasteiger partial charge in [-0.05, 0) is 42.5 Å². The molecule has 0 aliphatic carbocycles. The number of carbonyl (C=O) groups is 2. The molecule has 0 atom stereocenters. The van der Waals surface area contributed by atoms with Crippen LogP contribution < -0.4 is 10.1 Å². The van der Waals surface area contributed by atoms with Gasteiger partial charge in [0.05, 0.1) is 0 Å². The van der Waals surface area contributed by atoms with Gasteiger partial charge in [0.2, 0.25) is 0 Å². The molecule has 2 rings (SSSR count). The van der Waals surface area contributed by atoms with Crippen LogP contribution in [0.5, 0.6) is 5.75 Å². The first-order valence-electron chi connectivity index (χ1n) is 6.46. The van der Waals surface area contributed by atoms with E-state index in [1.807, 2.05) is 18.2 Å². The van der Waals surface area contributed by atoms with Crippen LogP contribution in [0.1, 0.15) is 23.7 Å². The van der Waals surface area contributed by atoms with E-state index in [9.17, 15) is 9.59 Å². The SMILES string of the molecule is CCC(=O)Oc1ccc(C(=O)Nc2cccc(Br)c2)cc1. The Labute approximate surface area is 131 Å². The molecular formula is C16H14BrNO3. The molecule has 5 heteroatoms. The van der Waals surface area contributed by atoms with Gasteiger partial charge in [-0.25, -0.2) is 0 Å². The second-order valence-corrected chi connectivity index (χ2v) is 5.23. The molecule has 0 fully saturated rings. The quantitative estimate of drug-likeness (QED) is 0.671. The monoisotopic (exact) mass is 347 g/mol. The number of esters is 1. The molecule has 2 aromatic carbocycles. The Kier molecular flexibility index (Phi) is 5.11. The molecule has 1 N–H and O–H groups in total. The number of hydrogen-bond acceptors (Lipinski definition) is 3. The second kappa shape index (κ2) is 7.04. The van der Waals surface area contributed by atoms with Crippen LogP contribution in [-0.4, -0.2) is 11.9 Å². The fourth-order valence-electron chi connectivity index (χ4n) is 1.65. The van der Waals surface area contributed by atoms with Crippen molar-refractivity contribution in [2.45, 2.75) is 13.3 Å². The molecule has 1 amide bonds. The molecular weight excluding hydrogens is 334 g/mol. The number of ether oxygens (including phenoxy) is 1. The zero-order valence-corrected chi connectivity index (χ0v) is 13.0. The summed E-state index contributed by atoms with van der Waals surface area (Å²) < 4.78 is 5.95. The summed E-state index contributed by atoms with van der Waals surface area (Å²) in [5.74, 6) is -0.0938. The second-order valence-electron chi connectivity index (χ2n) is 4.32. The van der Waals surface area contributed by atoms with E-state index in [1.54, 1.807) is 37.3 Å². The average Bonchev–Trinajstić information content (AvgIpc) is 2.47. The number of rotatable bonds is 4. The van der Waals surface area contributed by atoms with Gasteiger partial charge in [0.1, 0.15) is 5.75 Å². The van der Waals surface area contributed by atoms with Crippen molar-refractivity contribution < 1.29 is 14.3 Å². The number of anilines is 1. The number of carbonyl (C=O) groups excluding carboxylic acids is 2. The van der Waals surface area contributed by atoms with Gasteiger partial charge >= 0.3 is 5.97 Å². The van der Waals surface area contributed by atoms with Gasteiger partial charge in [0.15, 0.2) is 0 Å². The Bertz CT molecular complexity index is 653. The van der Waals surface area contributed by atoms with E-state index in [4.69, 9.17) is 4.74 Å². The Morgan fingerprint density at radius 3 is 2.48 bits per heavy atom. The predicted molar refractivity (Wildman–Crippen MR) is 84.5 cm³/mol. The molecule has 0 aromatic heterocycles. The van der Waals surface area contributed by atoms with E-state index < -0.39 is 0 Å². The van der Waals surface area contributed by atoms with Crippen LogP contribution in [0.3, 0.4) is 0 Å². The third-order valence-electron chi connectivity index (χ3n) is 2.72. The van der Waals surface area contributed by atoms with Gasteiger partial charge in [0.25, 0.3) is 5.91 Å². The number of halogens is 1. The minimum atomic E-state index is -0.304. The molecule has 108 valence electrons. The van der Waals surface area contributed by atoms with Gasteiger partial charge in [-0.3, -0.25) is 9.59 Å². The highest BCUT2D eigenvalue weighted by atomic mass is 79.9. The van der Waals surface area contributed by atoms with E-state index in [1.165, 1.54) is 0 Å². The fourth-order valence-corrected chi connectivity index (χ4v) is 2.05. The summed E-state index contributed by atoms with van der Waals surface area (Å²) in [6, 6.07) is 13.8. The summed E-state index contributed by atoms with van der Waals surface area (Å²) in [5.41, 5.74) is 1.20. The van der Waals surface area contributed by atoms with Gasteiger partial charge in [0, 0.05) is 22.1 Å². The van der Waals surface area contributed by atoms with Crippen LogP contribution >= 0.6 is 15.9 Å². The molecule has 0 saturated carbocycles. The Morgan fingerprint density at radius 2 is 1.86 bits per heavy atom. The number of benzene rings is 2. The standard InChI is InChI=1S/C16H14BrNO3/c1-2-15(19)21-14-8-6-11(7-9-14)16(20)18-13-5-3-4-12(17)10-13/h3-10H,2H2,1H3,(H,18,20). The minimum absolute atomic E-state index is 0.221. The molecule has 0 saturated heterocycles. The molecule has 0 bridgehead atoms. The molecule has 0 radical (unpaired) electrons. The van der Waals surface area contributed by atoms with Crippen LogP contribution in [0.4, 0.5) is 5.69 Å². The van der Waals surface area contributed by atoms with Gasteiger partial charge < -0.3 is 10.1 Å². The fraction of sp³-hybridized carbons (Fsp3) is 0.125. The molecule has 21 heavy (non-hydrogen) atoms. The van der Waals surface area contributed by atoms with Crippen molar-refractivity contribution in [2.24, 2.45) is 0 Å². The lowest BCUT2D eigenvalue weighted by Crippen LogP contribution is -2.12. The number of hydrogen-bond donors (Lipinski definition) is 1. The lowest BCUT2D eigenvalue weighted by molar-refractivity contribution is -0.134. The highest BCUT2D eigenvalue weighted by Gasteiger charge is 2.07. The van der Waals surface area contributed by atoms with Crippen molar-refractivity contribution in [3.63, 3.8) is 0 Å². The summed E-state index contributed by atoms with van der Waals surface area (Å²) in [4.78, 5) is 23.2. The third-order valence-corrected chi connectivity index (χ3v) is 3.21. The normalized spacial score (nSPS) is 10.0. The van der Waals surface area contributed by atoms with Gasteiger partial charge in [-0.1, -0.05) is 28.9 Å². The molecule has 0 heterocycles. The average molecular weight is 348 g/mol. The van der Waals surface area contributed by atoms with E-state index in [2.05, 4.69) is 21.2 Å². The van der Waals surface area contributed by atoms with Crippen molar-refractivity contribution in [2.75, 3.05) is 5.32 Å². The topological polar surface area (TPSA) is 55.4 Å². The van der Waals surface area contributed by atoms with E-state index >= 15 is 0 Å². The molecule has 2 aromatic rings. The third kappa shape index (κ3) is 4.43. The van der Waals surface area contributed by atoms with Crippen molar-refractivity contribution in [3.05, 3.63) is 58.6 Å². The van der Waals surface area contributed by atoms with Crippen LogP contribution in [-0.2, 0) is 4.79 Å². The van der Waals surface area contributed by atoms with Crippen LogP contribution in [0, 0.1) is 0 Å². The van der Waals surface area contributed by atoms with Crippen LogP contribution in [0.2, 0.25) is 0 Å². The van der Waals surface area contributed by atoms with Crippen molar-refractivity contribution in [3.8, 4) is 5.75 Å². The van der Waals surface area contributed by atoms with Crippen molar-refractivity contribution in [1.82, 2.24) is 0 Å². The Hall–Kier alpha value is -2.14. The summed E-state index contributed by atoms with van der Waals surface area (Å²) >= 11 is 3.35. The molecule has 0 aliphatic rings. The van der Waals surface area contributed by atoms with E-state index in [0.717, 1.165) is 4.47 Å². The maximum Gasteiger partial charge on any atom is 0.310 e. The van der Waals surface area contributed by atoms with Crippen LogP contribution in [0.15, 0.2) is 53.0 Å². The van der Waals surface area contributed by atoms with Gasteiger partial charge in [-0.2, -0.15) is 0 Å². The molecule has 0 aliphatic heterocycles. The van der Waals surface area contributed by atoms with E-state index in [-0.39, 0.29) is 11.9 Å². The number of amides is 1. The molecule has 0 spiro atoms.